The predicted octanol–water partition coefficient (Wildman–Crippen LogP) is 3.25. The lowest BCUT2D eigenvalue weighted by molar-refractivity contribution is -0.141. The van der Waals surface area contributed by atoms with Gasteiger partial charge in [-0.3, -0.25) is 4.79 Å². The third kappa shape index (κ3) is 3.37. The molecule has 0 radical (unpaired) electrons. The number of hydrogen-bond acceptors (Lipinski definition) is 1. The largest absolute Gasteiger partial charge is 0.481 e. The Balaban J connectivity index is 2.76. The molecule has 0 saturated heterocycles. The minimum absolute atomic E-state index is 0.150. The lowest BCUT2D eigenvalue weighted by Crippen LogP contribution is -2.13. The Morgan fingerprint density at radius 2 is 1.75 bits per heavy atom. The predicted molar refractivity (Wildman–Crippen MR) is 65.6 cm³/mol. The standard InChI is InChI=1S/C14H20O2/c1-10(13(15)16)9-11-5-7-12(8-6-11)14(2,3)4/h5-8,10H,9H2,1-4H3,(H,15,16)/t10-/m1/s1. The molecule has 0 aliphatic heterocycles. The van der Waals surface area contributed by atoms with Crippen LogP contribution in [0.1, 0.15) is 38.8 Å². The molecule has 1 atom stereocenters. The van der Waals surface area contributed by atoms with Crippen LogP contribution in [0.3, 0.4) is 0 Å². The van der Waals surface area contributed by atoms with Crippen molar-refractivity contribution in [3.05, 3.63) is 35.4 Å². The van der Waals surface area contributed by atoms with Gasteiger partial charge in [-0.1, -0.05) is 52.0 Å². The van der Waals surface area contributed by atoms with Crippen LogP contribution in [0.5, 0.6) is 0 Å². The summed E-state index contributed by atoms with van der Waals surface area (Å²) in [4.78, 5) is 10.7. The molecule has 16 heavy (non-hydrogen) atoms. The zero-order chi connectivity index (χ0) is 12.3. The van der Waals surface area contributed by atoms with Gasteiger partial charge in [-0.2, -0.15) is 0 Å². The van der Waals surface area contributed by atoms with Gasteiger partial charge in [-0.15, -0.1) is 0 Å². The van der Waals surface area contributed by atoms with Gasteiger partial charge >= 0.3 is 5.97 Å². The lowest BCUT2D eigenvalue weighted by atomic mass is 9.86. The van der Waals surface area contributed by atoms with E-state index in [-0.39, 0.29) is 11.3 Å². The van der Waals surface area contributed by atoms with Gasteiger partial charge in [0, 0.05) is 0 Å². The van der Waals surface area contributed by atoms with E-state index in [0.29, 0.717) is 6.42 Å². The van der Waals surface area contributed by atoms with Crippen molar-refractivity contribution >= 4 is 5.97 Å². The summed E-state index contributed by atoms with van der Waals surface area (Å²) in [6, 6.07) is 8.23. The molecule has 0 aliphatic rings. The maximum Gasteiger partial charge on any atom is 0.306 e. The van der Waals surface area contributed by atoms with E-state index in [1.54, 1.807) is 6.92 Å². The second-order valence-electron chi connectivity index (χ2n) is 5.39. The Labute approximate surface area is 97.3 Å². The van der Waals surface area contributed by atoms with Crippen molar-refractivity contribution in [2.45, 2.75) is 39.5 Å². The zero-order valence-electron chi connectivity index (χ0n) is 10.4. The summed E-state index contributed by atoms with van der Waals surface area (Å²) in [6.07, 6.45) is 0.597. The molecule has 2 heteroatoms. The molecule has 1 N–H and O–H groups in total. The van der Waals surface area contributed by atoms with Crippen LogP contribution in [0, 0.1) is 5.92 Å². The average molecular weight is 220 g/mol. The molecule has 0 spiro atoms. The maximum absolute atomic E-state index is 10.7. The summed E-state index contributed by atoms with van der Waals surface area (Å²) < 4.78 is 0. The van der Waals surface area contributed by atoms with Crippen LogP contribution in [0.4, 0.5) is 0 Å². The monoisotopic (exact) mass is 220 g/mol. The van der Waals surface area contributed by atoms with Crippen LogP contribution < -0.4 is 0 Å². The summed E-state index contributed by atoms with van der Waals surface area (Å²) in [7, 11) is 0. The molecule has 0 aliphatic carbocycles. The second-order valence-corrected chi connectivity index (χ2v) is 5.39. The van der Waals surface area contributed by atoms with E-state index in [9.17, 15) is 4.79 Å². The molecule has 0 amide bonds. The topological polar surface area (TPSA) is 37.3 Å². The van der Waals surface area contributed by atoms with Crippen molar-refractivity contribution in [3.8, 4) is 0 Å². The van der Waals surface area contributed by atoms with Gasteiger partial charge in [0.2, 0.25) is 0 Å². The molecule has 0 unspecified atom stereocenters. The molecule has 2 nitrogen and oxygen atoms in total. The summed E-state index contributed by atoms with van der Waals surface area (Å²) in [5.41, 5.74) is 2.51. The van der Waals surface area contributed by atoms with Crippen LogP contribution in [0.15, 0.2) is 24.3 Å². The second kappa shape index (κ2) is 4.69. The zero-order valence-corrected chi connectivity index (χ0v) is 10.4. The molecular weight excluding hydrogens is 200 g/mol. The van der Waals surface area contributed by atoms with Gasteiger partial charge < -0.3 is 5.11 Å². The molecule has 0 bridgehead atoms. The first-order chi connectivity index (χ1) is 7.30. The van der Waals surface area contributed by atoms with E-state index in [1.807, 2.05) is 12.1 Å². The number of hydrogen-bond donors (Lipinski definition) is 1. The summed E-state index contributed by atoms with van der Waals surface area (Å²) in [5.74, 6) is -1.06. The van der Waals surface area contributed by atoms with Crippen LogP contribution in [-0.4, -0.2) is 11.1 Å². The minimum Gasteiger partial charge on any atom is -0.481 e. The van der Waals surface area contributed by atoms with E-state index >= 15 is 0 Å². The fraction of sp³-hybridized carbons (Fsp3) is 0.500. The van der Waals surface area contributed by atoms with Crippen molar-refractivity contribution in [1.29, 1.82) is 0 Å². The van der Waals surface area contributed by atoms with Crippen LogP contribution in [-0.2, 0) is 16.6 Å². The number of carbonyl (C=O) groups is 1. The first-order valence-corrected chi connectivity index (χ1v) is 5.63. The van der Waals surface area contributed by atoms with Gasteiger partial charge in [-0.25, -0.2) is 0 Å². The molecule has 0 saturated carbocycles. The highest BCUT2D eigenvalue weighted by Crippen LogP contribution is 2.22. The SMILES string of the molecule is C[C@H](Cc1ccc(C(C)(C)C)cc1)C(=O)O. The number of benzene rings is 1. The summed E-state index contributed by atoms with van der Waals surface area (Å²) in [5, 5.41) is 8.83. The summed E-state index contributed by atoms with van der Waals surface area (Å²) in [6.45, 7) is 8.24. The molecular formula is C14H20O2. The Kier molecular flexibility index (Phi) is 3.74. The smallest absolute Gasteiger partial charge is 0.306 e. The molecule has 1 aromatic carbocycles. The maximum atomic E-state index is 10.7. The third-order valence-electron chi connectivity index (χ3n) is 2.78. The highest BCUT2D eigenvalue weighted by atomic mass is 16.4. The number of carboxylic acids is 1. The van der Waals surface area contributed by atoms with Gasteiger partial charge in [0.25, 0.3) is 0 Å². The quantitative estimate of drug-likeness (QED) is 0.849. The number of rotatable bonds is 3. The van der Waals surface area contributed by atoms with Crippen LogP contribution in [0.2, 0.25) is 0 Å². The number of aliphatic carboxylic acids is 1. The highest BCUT2D eigenvalue weighted by molar-refractivity contribution is 5.69. The van der Waals surface area contributed by atoms with Crippen molar-refractivity contribution in [1.82, 2.24) is 0 Å². The minimum atomic E-state index is -0.736. The first kappa shape index (κ1) is 12.8. The molecule has 0 heterocycles. The van der Waals surface area contributed by atoms with Gasteiger partial charge in [0.05, 0.1) is 5.92 Å². The molecule has 1 rings (SSSR count). The van der Waals surface area contributed by atoms with Gasteiger partial charge in [-0.05, 0) is 23.0 Å². The van der Waals surface area contributed by atoms with Crippen molar-refractivity contribution in [2.24, 2.45) is 5.92 Å². The van der Waals surface area contributed by atoms with Crippen molar-refractivity contribution < 1.29 is 9.90 Å². The van der Waals surface area contributed by atoms with Gasteiger partial charge in [0.1, 0.15) is 0 Å². The Bertz CT molecular complexity index is 357. The number of carboxylic acid groups (broad SMARTS) is 1. The van der Waals surface area contributed by atoms with Gasteiger partial charge in [0.15, 0.2) is 0 Å². The Hall–Kier alpha value is -1.31. The molecule has 0 aromatic heterocycles. The van der Waals surface area contributed by atoms with Crippen molar-refractivity contribution in [3.63, 3.8) is 0 Å². The van der Waals surface area contributed by atoms with Crippen LogP contribution in [0.25, 0.3) is 0 Å². The van der Waals surface area contributed by atoms with E-state index in [4.69, 9.17) is 5.11 Å². The third-order valence-corrected chi connectivity index (χ3v) is 2.78. The van der Waals surface area contributed by atoms with Crippen molar-refractivity contribution in [2.75, 3.05) is 0 Å². The fourth-order valence-corrected chi connectivity index (χ4v) is 1.58. The first-order valence-electron chi connectivity index (χ1n) is 5.63. The normalized spacial score (nSPS) is 13.5. The lowest BCUT2D eigenvalue weighted by Gasteiger charge is -2.19. The van der Waals surface area contributed by atoms with E-state index in [0.717, 1.165) is 5.56 Å². The Morgan fingerprint density at radius 1 is 1.25 bits per heavy atom. The molecule has 88 valence electrons. The van der Waals surface area contributed by atoms with E-state index in [2.05, 4.69) is 32.9 Å². The average Bonchev–Trinajstić information content (AvgIpc) is 2.17. The highest BCUT2D eigenvalue weighted by Gasteiger charge is 2.14. The van der Waals surface area contributed by atoms with E-state index in [1.165, 1.54) is 5.56 Å². The molecule has 0 fully saturated rings. The summed E-state index contributed by atoms with van der Waals surface area (Å²) >= 11 is 0. The Morgan fingerprint density at radius 3 is 2.12 bits per heavy atom. The molecule has 1 aromatic rings. The van der Waals surface area contributed by atoms with E-state index < -0.39 is 5.97 Å². The van der Waals surface area contributed by atoms with Crippen LogP contribution >= 0.6 is 0 Å². The fourth-order valence-electron chi connectivity index (χ4n) is 1.58.